The van der Waals surface area contributed by atoms with Gasteiger partial charge in [0.15, 0.2) is 9.84 Å². The Kier molecular flexibility index (Phi) is 8.84. The Morgan fingerprint density at radius 1 is 1.38 bits per heavy atom. The van der Waals surface area contributed by atoms with Gasteiger partial charge in [0, 0.05) is 18.7 Å². The van der Waals surface area contributed by atoms with Gasteiger partial charge < -0.3 is 15.8 Å². The van der Waals surface area contributed by atoms with E-state index in [1.54, 1.807) is 0 Å². The van der Waals surface area contributed by atoms with Gasteiger partial charge >= 0.3 is 0 Å². The van der Waals surface area contributed by atoms with Gasteiger partial charge in [0.05, 0.1) is 17.3 Å². The summed E-state index contributed by atoms with van der Waals surface area (Å²) in [7, 11) is -2.03. The number of methoxy groups -OCH3 is 1. The average molecular weight is 357 g/mol. The Labute approximate surface area is 135 Å². The van der Waals surface area contributed by atoms with Crippen LogP contribution in [0.4, 0.5) is 0 Å². The molecule has 9 heteroatoms. The predicted octanol–water partition coefficient (Wildman–Crippen LogP) is 0.625. The van der Waals surface area contributed by atoms with Gasteiger partial charge in [0.2, 0.25) is 5.91 Å². The number of halogens is 2. The molecule has 1 aromatic carbocycles. The van der Waals surface area contributed by atoms with Crippen molar-refractivity contribution >= 4 is 39.8 Å². The van der Waals surface area contributed by atoms with Crippen molar-refractivity contribution in [2.75, 3.05) is 26.0 Å². The molecular formula is C12H18Cl2N2O4S. The molecule has 0 fully saturated rings. The highest BCUT2D eigenvalue weighted by atomic mass is 35.5. The number of benzene rings is 1. The monoisotopic (exact) mass is 356 g/mol. The fourth-order valence-electron chi connectivity index (χ4n) is 1.45. The highest BCUT2D eigenvalue weighted by Crippen LogP contribution is 2.14. The maximum atomic E-state index is 12.0. The van der Waals surface area contributed by atoms with Crippen molar-refractivity contribution < 1.29 is 17.9 Å². The molecule has 0 aliphatic carbocycles. The van der Waals surface area contributed by atoms with Crippen LogP contribution in [0.5, 0.6) is 0 Å². The van der Waals surface area contributed by atoms with E-state index in [9.17, 15) is 13.2 Å². The third-order valence-corrected chi connectivity index (χ3v) is 4.51. The molecule has 1 unspecified atom stereocenters. The van der Waals surface area contributed by atoms with Crippen molar-refractivity contribution in [3.05, 3.63) is 29.3 Å². The largest absolute Gasteiger partial charge is 0.383 e. The van der Waals surface area contributed by atoms with Crippen LogP contribution < -0.4 is 11.1 Å². The van der Waals surface area contributed by atoms with E-state index in [4.69, 9.17) is 22.1 Å². The fraction of sp³-hybridized carbons (Fsp3) is 0.417. The highest BCUT2D eigenvalue weighted by molar-refractivity contribution is 7.91. The lowest BCUT2D eigenvalue weighted by Crippen LogP contribution is -2.44. The van der Waals surface area contributed by atoms with Crippen molar-refractivity contribution in [1.82, 2.24) is 5.32 Å². The molecule has 0 aliphatic rings. The van der Waals surface area contributed by atoms with Gasteiger partial charge in [0.25, 0.3) is 0 Å². The summed E-state index contributed by atoms with van der Waals surface area (Å²) in [6.45, 7) is 0.0664. The number of amides is 1. The summed E-state index contributed by atoms with van der Waals surface area (Å²) in [6.07, 6.45) is 0. The number of nitrogens with one attached hydrogen (secondary N) is 1. The predicted molar refractivity (Wildman–Crippen MR) is 83.6 cm³/mol. The summed E-state index contributed by atoms with van der Waals surface area (Å²) in [6, 6.07) is 5.05. The van der Waals surface area contributed by atoms with Crippen LogP contribution in [0.3, 0.4) is 0 Å². The molecule has 120 valence electrons. The van der Waals surface area contributed by atoms with E-state index < -0.39 is 21.8 Å². The normalized spacial score (nSPS) is 12.3. The van der Waals surface area contributed by atoms with Crippen LogP contribution in [0.15, 0.2) is 29.2 Å². The van der Waals surface area contributed by atoms with E-state index >= 15 is 0 Å². The molecule has 21 heavy (non-hydrogen) atoms. The van der Waals surface area contributed by atoms with E-state index in [-0.39, 0.29) is 36.2 Å². The summed E-state index contributed by atoms with van der Waals surface area (Å²) in [4.78, 5) is 11.6. The number of carbonyl (C=O) groups is 1. The first kappa shape index (κ1) is 20.1. The standard InChI is InChI=1S/C12H17ClN2O4S.ClH/c1-19-8-11(14)12(16)15-6-7-20(17,18)10-4-2-9(13)3-5-10;/h2-5,11H,6-8,14H2,1H3,(H,15,16);1H. The van der Waals surface area contributed by atoms with Crippen molar-refractivity contribution in [2.45, 2.75) is 10.9 Å². The molecule has 0 bridgehead atoms. The Morgan fingerprint density at radius 3 is 2.48 bits per heavy atom. The van der Waals surface area contributed by atoms with E-state index in [0.717, 1.165) is 0 Å². The molecule has 1 atom stereocenters. The fourth-order valence-corrected chi connectivity index (χ4v) is 2.74. The van der Waals surface area contributed by atoms with E-state index in [0.29, 0.717) is 5.02 Å². The highest BCUT2D eigenvalue weighted by Gasteiger charge is 2.16. The summed E-state index contributed by atoms with van der Waals surface area (Å²) < 4.78 is 28.7. The number of hydrogen-bond donors (Lipinski definition) is 2. The van der Waals surface area contributed by atoms with Gasteiger partial charge in [-0.25, -0.2) is 8.42 Å². The van der Waals surface area contributed by atoms with Gasteiger partial charge in [-0.15, -0.1) is 12.4 Å². The number of nitrogens with two attached hydrogens (primary N) is 1. The second-order valence-electron chi connectivity index (χ2n) is 4.13. The zero-order valence-electron chi connectivity index (χ0n) is 11.4. The van der Waals surface area contributed by atoms with Gasteiger partial charge in [-0.2, -0.15) is 0 Å². The van der Waals surface area contributed by atoms with Crippen LogP contribution in [-0.2, 0) is 19.4 Å². The van der Waals surface area contributed by atoms with Crippen LogP contribution in [0.25, 0.3) is 0 Å². The van der Waals surface area contributed by atoms with Gasteiger partial charge in [-0.1, -0.05) is 11.6 Å². The first-order valence-corrected chi connectivity index (χ1v) is 7.90. The summed E-state index contributed by atoms with van der Waals surface area (Å²) >= 11 is 5.69. The second kappa shape index (κ2) is 9.22. The van der Waals surface area contributed by atoms with Crippen LogP contribution >= 0.6 is 24.0 Å². The second-order valence-corrected chi connectivity index (χ2v) is 6.67. The third kappa shape index (κ3) is 6.62. The molecule has 0 radical (unpaired) electrons. The van der Waals surface area contributed by atoms with E-state index in [1.807, 2.05) is 0 Å². The molecule has 0 saturated heterocycles. The molecule has 0 spiro atoms. The quantitative estimate of drug-likeness (QED) is 0.746. The summed E-state index contributed by atoms with van der Waals surface area (Å²) in [5.41, 5.74) is 5.50. The first-order chi connectivity index (χ1) is 9.36. The number of carbonyl (C=O) groups excluding carboxylic acids is 1. The van der Waals surface area contributed by atoms with Crippen LogP contribution in [0.2, 0.25) is 5.02 Å². The van der Waals surface area contributed by atoms with Crippen molar-refractivity contribution in [1.29, 1.82) is 0 Å². The minimum Gasteiger partial charge on any atom is -0.383 e. The molecule has 0 saturated carbocycles. The Bertz CT molecular complexity index is 549. The lowest BCUT2D eigenvalue weighted by Gasteiger charge is -2.11. The zero-order chi connectivity index (χ0) is 15.2. The smallest absolute Gasteiger partial charge is 0.239 e. The molecule has 0 aliphatic heterocycles. The van der Waals surface area contributed by atoms with Crippen molar-refractivity contribution in [2.24, 2.45) is 5.73 Å². The van der Waals surface area contributed by atoms with Crippen molar-refractivity contribution in [3.8, 4) is 0 Å². The Balaban J connectivity index is 0.00000400. The number of hydrogen-bond acceptors (Lipinski definition) is 5. The van der Waals surface area contributed by atoms with Crippen LogP contribution in [-0.4, -0.2) is 46.4 Å². The number of sulfone groups is 1. The molecule has 1 aromatic rings. The van der Waals surface area contributed by atoms with Crippen LogP contribution in [0, 0.1) is 0 Å². The maximum Gasteiger partial charge on any atom is 0.239 e. The minimum atomic E-state index is -3.46. The SMILES string of the molecule is COCC(N)C(=O)NCCS(=O)(=O)c1ccc(Cl)cc1.Cl. The van der Waals surface area contributed by atoms with Crippen molar-refractivity contribution in [3.63, 3.8) is 0 Å². The minimum absolute atomic E-state index is 0. The van der Waals surface area contributed by atoms with E-state index in [2.05, 4.69) is 5.32 Å². The zero-order valence-corrected chi connectivity index (χ0v) is 13.8. The Morgan fingerprint density at radius 2 is 1.95 bits per heavy atom. The van der Waals surface area contributed by atoms with Crippen LogP contribution in [0.1, 0.15) is 0 Å². The molecule has 0 heterocycles. The Hall–Kier alpha value is -0.860. The molecule has 1 rings (SSSR count). The number of rotatable bonds is 7. The van der Waals surface area contributed by atoms with E-state index in [1.165, 1.54) is 31.4 Å². The van der Waals surface area contributed by atoms with Gasteiger partial charge in [-0.3, -0.25) is 4.79 Å². The molecule has 0 aromatic heterocycles. The molecule has 6 nitrogen and oxygen atoms in total. The number of ether oxygens (including phenoxy) is 1. The molecule has 1 amide bonds. The average Bonchev–Trinajstić information content (AvgIpc) is 2.39. The summed E-state index contributed by atoms with van der Waals surface area (Å²) in [5.74, 6) is -0.654. The maximum absolute atomic E-state index is 12.0. The van der Waals surface area contributed by atoms with Gasteiger partial charge in [-0.05, 0) is 24.3 Å². The molecular weight excluding hydrogens is 339 g/mol. The lowest BCUT2D eigenvalue weighted by atomic mass is 10.3. The third-order valence-electron chi connectivity index (χ3n) is 2.53. The van der Waals surface area contributed by atoms with Gasteiger partial charge in [0.1, 0.15) is 6.04 Å². The molecule has 3 N–H and O–H groups in total. The lowest BCUT2D eigenvalue weighted by molar-refractivity contribution is -0.123. The summed E-state index contributed by atoms with van der Waals surface area (Å²) in [5, 5.41) is 2.92. The topological polar surface area (TPSA) is 98.5 Å². The first-order valence-electron chi connectivity index (χ1n) is 5.87.